The number of carbonyl (C=O) groups excluding carboxylic acids is 2. The number of hydrazine groups is 1. The minimum Gasteiger partial charge on any atom is -0.442 e. The Kier molecular flexibility index (Phi) is 5.29. The number of ether oxygens (including phenoxy) is 1. The highest BCUT2D eigenvalue weighted by Crippen LogP contribution is 2.31. The van der Waals surface area contributed by atoms with Gasteiger partial charge in [-0.1, -0.05) is 0 Å². The van der Waals surface area contributed by atoms with Gasteiger partial charge in [-0.25, -0.2) is 9.80 Å². The third kappa shape index (κ3) is 5.20. The maximum Gasteiger partial charge on any atom is 0.429 e. The summed E-state index contributed by atoms with van der Waals surface area (Å²) in [6.45, 7) is 5.56. The Bertz CT molecular complexity index is 579. The summed E-state index contributed by atoms with van der Waals surface area (Å²) in [6, 6.07) is 3.65. The standard InChI is InChI=1S/C16H22BrN3O3/c1-16(2,3)23-15(22)20(19(4)14(21)11-5-6-11)10-13-8-7-12(17)9-18-13/h7-9,11H,5-6,10H2,1-4H3. The van der Waals surface area contributed by atoms with Gasteiger partial charge in [0.05, 0.1) is 12.2 Å². The normalized spacial score (nSPS) is 14.3. The van der Waals surface area contributed by atoms with Crippen LogP contribution in [0.2, 0.25) is 0 Å². The Morgan fingerprint density at radius 1 is 1.35 bits per heavy atom. The summed E-state index contributed by atoms with van der Waals surface area (Å²) in [6.07, 6.45) is 2.86. The lowest BCUT2D eigenvalue weighted by molar-refractivity contribution is -0.147. The van der Waals surface area contributed by atoms with E-state index in [1.54, 1.807) is 40.1 Å². The van der Waals surface area contributed by atoms with Crippen LogP contribution < -0.4 is 0 Å². The molecule has 1 fully saturated rings. The van der Waals surface area contributed by atoms with Crippen LogP contribution in [-0.4, -0.2) is 39.7 Å². The second kappa shape index (κ2) is 6.86. The molecule has 0 aliphatic heterocycles. The summed E-state index contributed by atoms with van der Waals surface area (Å²) >= 11 is 3.33. The third-order valence-electron chi connectivity index (χ3n) is 3.31. The van der Waals surface area contributed by atoms with Crippen molar-refractivity contribution in [2.75, 3.05) is 7.05 Å². The van der Waals surface area contributed by atoms with Crippen LogP contribution in [0.4, 0.5) is 4.79 Å². The SMILES string of the molecule is CN(C(=O)C1CC1)N(Cc1ccc(Br)cn1)C(=O)OC(C)(C)C. The Balaban J connectivity index is 2.17. The van der Waals surface area contributed by atoms with E-state index in [1.807, 2.05) is 6.07 Å². The molecule has 0 spiro atoms. The molecule has 23 heavy (non-hydrogen) atoms. The Morgan fingerprint density at radius 2 is 2.00 bits per heavy atom. The average Bonchev–Trinajstić information content (AvgIpc) is 3.27. The maximum absolute atomic E-state index is 12.5. The van der Waals surface area contributed by atoms with E-state index in [4.69, 9.17) is 4.74 Å². The number of rotatable bonds is 3. The largest absolute Gasteiger partial charge is 0.442 e. The van der Waals surface area contributed by atoms with Crippen molar-refractivity contribution < 1.29 is 14.3 Å². The van der Waals surface area contributed by atoms with Crippen molar-refractivity contribution in [2.24, 2.45) is 5.92 Å². The predicted octanol–water partition coefficient (Wildman–Crippen LogP) is 3.36. The smallest absolute Gasteiger partial charge is 0.429 e. The van der Waals surface area contributed by atoms with Crippen molar-refractivity contribution in [3.8, 4) is 0 Å². The molecule has 1 aromatic rings. The second-order valence-electron chi connectivity index (χ2n) is 6.64. The summed E-state index contributed by atoms with van der Waals surface area (Å²) < 4.78 is 6.28. The fraction of sp³-hybridized carbons (Fsp3) is 0.562. The van der Waals surface area contributed by atoms with E-state index < -0.39 is 11.7 Å². The molecule has 0 aromatic carbocycles. The zero-order valence-electron chi connectivity index (χ0n) is 13.9. The molecule has 0 atom stereocenters. The highest BCUT2D eigenvalue weighted by molar-refractivity contribution is 9.10. The molecule has 0 unspecified atom stereocenters. The molecular weight excluding hydrogens is 362 g/mol. The molecule has 7 heteroatoms. The van der Waals surface area contributed by atoms with Crippen LogP contribution in [0.5, 0.6) is 0 Å². The van der Waals surface area contributed by atoms with Crippen molar-refractivity contribution in [1.29, 1.82) is 0 Å². The maximum atomic E-state index is 12.5. The quantitative estimate of drug-likeness (QED) is 0.750. The number of hydrogen-bond acceptors (Lipinski definition) is 4. The van der Waals surface area contributed by atoms with Crippen molar-refractivity contribution >= 4 is 27.9 Å². The summed E-state index contributed by atoms with van der Waals surface area (Å²) in [5, 5.41) is 2.66. The van der Waals surface area contributed by atoms with Crippen LogP contribution in [0.1, 0.15) is 39.3 Å². The zero-order valence-corrected chi connectivity index (χ0v) is 15.5. The molecule has 1 aliphatic carbocycles. The fourth-order valence-electron chi connectivity index (χ4n) is 1.97. The summed E-state index contributed by atoms with van der Waals surface area (Å²) in [5.41, 5.74) is 0.0425. The lowest BCUT2D eigenvalue weighted by atomic mass is 10.2. The predicted molar refractivity (Wildman–Crippen MR) is 89.2 cm³/mol. The highest BCUT2D eigenvalue weighted by atomic mass is 79.9. The number of aromatic nitrogens is 1. The van der Waals surface area contributed by atoms with Gasteiger partial charge in [-0.05, 0) is 61.7 Å². The van der Waals surface area contributed by atoms with Gasteiger partial charge in [0.25, 0.3) is 0 Å². The van der Waals surface area contributed by atoms with Crippen LogP contribution in [0.15, 0.2) is 22.8 Å². The van der Waals surface area contributed by atoms with Crippen LogP contribution in [-0.2, 0) is 16.1 Å². The molecule has 0 radical (unpaired) electrons. The first-order valence-corrected chi connectivity index (χ1v) is 8.35. The highest BCUT2D eigenvalue weighted by Gasteiger charge is 2.36. The molecule has 0 N–H and O–H groups in total. The van der Waals surface area contributed by atoms with E-state index in [0.717, 1.165) is 17.3 Å². The molecule has 0 bridgehead atoms. The third-order valence-corrected chi connectivity index (χ3v) is 3.78. The Hall–Kier alpha value is -1.63. The second-order valence-corrected chi connectivity index (χ2v) is 7.56. The molecule has 1 aromatic heterocycles. The van der Waals surface area contributed by atoms with Gasteiger partial charge in [-0.2, -0.15) is 0 Å². The van der Waals surface area contributed by atoms with Crippen LogP contribution in [0.3, 0.4) is 0 Å². The first-order chi connectivity index (χ1) is 10.7. The molecule has 1 heterocycles. The summed E-state index contributed by atoms with van der Waals surface area (Å²) in [4.78, 5) is 29.1. The lowest BCUT2D eigenvalue weighted by Crippen LogP contribution is -2.49. The van der Waals surface area contributed by atoms with Gasteiger partial charge in [-0.3, -0.25) is 14.8 Å². The van der Waals surface area contributed by atoms with Gasteiger partial charge < -0.3 is 4.74 Å². The van der Waals surface area contributed by atoms with Crippen molar-refractivity contribution in [3.05, 3.63) is 28.5 Å². The zero-order chi connectivity index (χ0) is 17.2. The van der Waals surface area contributed by atoms with Gasteiger partial charge in [0.1, 0.15) is 5.60 Å². The van der Waals surface area contributed by atoms with E-state index in [1.165, 1.54) is 10.0 Å². The topological polar surface area (TPSA) is 62.7 Å². The number of pyridine rings is 1. The van der Waals surface area contributed by atoms with E-state index in [9.17, 15) is 9.59 Å². The number of halogens is 1. The molecular formula is C16H22BrN3O3. The van der Waals surface area contributed by atoms with Gasteiger partial charge in [0.15, 0.2) is 0 Å². The monoisotopic (exact) mass is 383 g/mol. The fourth-order valence-corrected chi connectivity index (χ4v) is 2.21. The molecule has 2 amide bonds. The first-order valence-electron chi connectivity index (χ1n) is 7.56. The first kappa shape index (κ1) is 17.7. The van der Waals surface area contributed by atoms with Crippen LogP contribution in [0.25, 0.3) is 0 Å². The summed E-state index contributed by atoms with van der Waals surface area (Å²) in [5.74, 6) is -0.0456. The van der Waals surface area contributed by atoms with Crippen LogP contribution >= 0.6 is 15.9 Å². The van der Waals surface area contributed by atoms with Gasteiger partial charge in [0.2, 0.25) is 5.91 Å². The molecule has 1 saturated carbocycles. The van der Waals surface area contributed by atoms with Crippen LogP contribution in [0, 0.1) is 5.92 Å². The number of nitrogens with zero attached hydrogens (tertiary/aromatic N) is 3. The molecule has 126 valence electrons. The average molecular weight is 384 g/mol. The number of carbonyl (C=O) groups is 2. The van der Waals surface area contributed by atoms with Gasteiger partial charge in [-0.15, -0.1) is 0 Å². The van der Waals surface area contributed by atoms with E-state index in [-0.39, 0.29) is 18.4 Å². The Morgan fingerprint density at radius 3 is 2.48 bits per heavy atom. The minimum atomic E-state index is -0.633. The van der Waals surface area contributed by atoms with Gasteiger partial charge >= 0.3 is 6.09 Å². The van der Waals surface area contributed by atoms with E-state index >= 15 is 0 Å². The minimum absolute atomic E-state index is 0.0165. The van der Waals surface area contributed by atoms with Crippen molar-refractivity contribution in [3.63, 3.8) is 0 Å². The summed E-state index contributed by atoms with van der Waals surface area (Å²) in [7, 11) is 1.60. The molecule has 0 saturated heterocycles. The van der Waals surface area contributed by atoms with Crippen molar-refractivity contribution in [2.45, 2.75) is 45.8 Å². The van der Waals surface area contributed by atoms with E-state index in [0.29, 0.717) is 5.69 Å². The molecule has 1 aliphatic rings. The Labute approximate surface area is 144 Å². The van der Waals surface area contributed by atoms with Crippen molar-refractivity contribution in [1.82, 2.24) is 15.0 Å². The molecule has 2 rings (SSSR count). The van der Waals surface area contributed by atoms with E-state index in [2.05, 4.69) is 20.9 Å². The molecule has 6 nitrogen and oxygen atoms in total. The number of amides is 2. The number of hydrogen-bond donors (Lipinski definition) is 0. The lowest BCUT2D eigenvalue weighted by Gasteiger charge is -2.33. The van der Waals surface area contributed by atoms with Gasteiger partial charge in [0, 0.05) is 23.6 Å².